The van der Waals surface area contributed by atoms with Crippen LogP contribution in [-0.2, 0) is 4.74 Å². The molecule has 2 nitrogen and oxygen atoms in total. The summed E-state index contributed by atoms with van der Waals surface area (Å²) >= 11 is 0. The maximum absolute atomic E-state index is 6.37. The first-order chi connectivity index (χ1) is 9.08. The molecule has 0 radical (unpaired) electrons. The summed E-state index contributed by atoms with van der Waals surface area (Å²) in [6, 6.07) is 10.6. The largest absolute Gasteiger partial charge is 0.355 e. The fourth-order valence-corrected chi connectivity index (χ4v) is 2.89. The molecule has 1 aromatic rings. The zero-order valence-corrected chi connectivity index (χ0v) is 12.7. The van der Waals surface area contributed by atoms with Crippen LogP contribution >= 0.6 is 0 Å². The van der Waals surface area contributed by atoms with E-state index in [-0.39, 0.29) is 12.3 Å². The van der Waals surface area contributed by atoms with Gasteiger partial charge in [0.05, 0.1) is 6.10 Å². The van der Waals surface area contributed by atoms with Crippen LogP contribution in [0.4, 0.5) is 0 Å². The smallest absolute Gasteiger partial charge is 0.113 e. The van der Waals surface area contributed by atoms with Gasteiger partial charge in [-0.3, -0.25) is 4.90 Å². The zero-order chi connectivity index (χ0) is 13.8. The van der Waals surface area contributed by atoms with Gasteiger partial charge in [0.25, 0.3) is 0 Å². The highest BCUT2D eigenvalue weighted by molar-refractivity contribution is 5.18. The zero-order valence-electron chi connectivity index (χ0n) is 12.7. The van der Waals surface area contributed by atoms with Gasteiger partial charge < -0.3 is 4.74 Å². The molecule has 0 aliphatic carbocycles. The topological polar surface area (TPSA) is 12.5 Å². The van der Waals surface area contributed by atoms with Crippen molar-refractivity contribution in [1.29, 1.82) is 0 Å². The van der Waals surface area contributed by atoms with Crippen LogP contribution in [0.15, 0.2) is 30.3 Å². The lowest BCUT2D eigenvalue weighted by Gasteiger charge is -2.42. The predicted molar refractivity (Wildman–Crippen MR) is 79.9 cm³/mol. The summed E-state index contributed by atoms with van der Waals surface area (Å²) in [5, 5.41) is 0. The highest BCUT2D eigenvalue weighted by Gasteiger charge is 2.31. The molecule has 2 unspecified atom stereocenters. The average molecular weight is 261 g/mol. The van der Waals surface area contributed by atoms with Crippen LogP contribution in [0.25, 0.3) is 0 Å². The van der Waals surface area contributed by atoms with Gasteiger partial charge in [0, 0.05) is 13.1 Å². The van der Waals surface area contributed by atoms with E-state index in [0.717, 1.165) is 19.5 Å². The summed E-state index contributed by atoms with van der Waals surface area (Å²) in [5.74, 6) is 1.23. The molecule has 2 heteroatoms. The molecular weight excluding hydrogens is 234 g/mol. The molecule has 1 aromatic carbocycles. The van der Waals surface area contributed by atoms with Crippen molar-refractivity contribution in [2.24, 2.45) is 11.8 Å². The van der Waals surface area contributed by atoms with Crippen molar-refractivity contribution in [2.45, 2.75) is 46.4 Å². The number of hydrogen-bond donors (Lipinski definition) is 0. The summed E-state index contributed by atoms with van der Waals surface area (Å²) in [6.45, 7) is 11.3. The van der Waals surface area contributed by atoms with Crippen LogP contribution in [0, 0.1) is 11.8 Å². The van der Waals surface area contributed by atoms with Crippen LogP contribution in [0.2, 0.25) is 0 Å². The Labute approximate surface area is 117 Å². The average Bonchev–Trinajstić information content (AvgIpc) is 2.39. The number of benzene rings is 1. The number of rotatable bonds is 4. The second-order valence-electron chi connectivity index (χ2n) is 6.35. The Kier molecular flexibility index (Phi) is 5.00. The fraction of sp³-hybridized carbons (Fsp3) is 0.647. The van der Waals surface area contributed by atoms with E-state index < -0.39 is 0 Å². The molecular formula is C17H27NO. The summed E-state index contributed by atoms with van der Waals surface area (Å²) in [4.78, 5) is 2.51. The van der Waals surface area contributed by atoms with E-state index in [2.05, 4.69) is 62.9 Å². The molecule has 2 rings (SSSR count). The fourth-order valence-electron chi connectivity index (χ4n) is 2.89. The van der Waals surface area contributed by atoms with Gasteiger partial charge in [-0.05, 0) is 23.8 Å². The quantitative estimate of drug-likeness (QED) is 0.809. The second kappa shape index (κ2) is 6.53. The number of nitrogens with zero attached hydrogens (tertiary/aromatic N) is 1. The molecule has 0 bridgehead atoms. The molecule has 1 aliphatic rings. The summed E-state index contributed by atoms with van der Waals surface area (Å²) in [6.07, 6.45) is 1.61. The molecule has 0 aromatic heterocycles. The Bertz CT molecular complexity index is 374. The SMILES string of the molecule is CC(C)CN1CCC(c2ccccc2)OC1C(C)C. The van der Waals surface area contributed by atoms with Crippen LogP contribution in [0.5, 0.6) is 0 Å². The Morgan fingerprint density at radius 3 is 2.42 bits per heavy atom. The minimum atomic E-state index is 0.251. The molecule has 0 spiro atoms. The molecule has 2 atom stereocenters. The van der Waals surface area contributed by atoms with Gasteiger partial charge in [-0.1, -0.05) is 58.0 Å². The van der Waals surface area contributed by atoms with E-state index >= 15 is 0 Å². The van der Waals surface area contributed by atoms with Crippen LogP contribution < -0.4 is 0 Å². The van der Waals surface area contributed by atoms with Crippen molar-refractivity contribution >= 4 is 0 Å². The minimum absolute atomic E-state index is 0.251. The second-order valence-corrected chi connectivity index (χ2v) is 6.35. The van der Waals surface area contributed by atoms with Crippen molar-refractivity contribution in [3.63, 3.8) is 0 Å². The van der Waals surface area contributed by atoms with E-state index in [1.165, 1.54) is 5.56 Å². The highest BCUT2D eigenvalue weighted by Crippen LogP contribution is 2.31. The lowest BCUT2D eigenvalue weighted by molar-refractivity contribution is -0.164. The molecule has 1 aliphatic heterocycles. The lowest BCUT2D eigenvalue weighted by Crippen LogP contribution is -2.48. The van der Waals surface area contributed by atoms with E-state index in [9.17, 15) is 0 Å². The summed E-state index contributed by atoms with van der Waals surface area (Å²) in [5.41, 5.74) is 1.32. The Morgan fingerprint density at radius 2 is 1.84 bits per heavy atom. The molecule has 19 heavy (non-hydrogen) atoms. The molecule has 0 saturated carbocycles. The normalized spacial score (nSPS) is 25.2. The van der Waals surface area contributed by atoms with Gasteiger partial charge >= 0.3 is 0 Å². The van der Waals surface area contributed by atoms with Crippen molar-refractivity contribution in [3.8, 4) is 0 Å². The minimum Gasteiger partial charge on any atom is -0.355 e. The molecule has 0 amide bonds. The van der Waals surface area contributed by atoms with E-state index in [1.807, 2.05) is 0 Å². The van der Waals surface area contributed by atoms with Gasteiger partial charge in [0.2, 0.25) is 0 Å². The van der Waals surface area contributed by atoms with Gasteiger partial charge in [0.15, 0.2) is 0 Å². The van der Waals surface area contributed by atoms with Crippen molar-refractivity contribution < 1.29 is 4.74 Å². The van der Waals surface area contributed by atoms with Crippen LogP contribution in [-0.4, -0.2) is 24.2 Å². The van der Waals surface area contributed by atoms with Crippen LogP contribution in [0.3, 0.4) is 0 Å². The Morgan fingerprint density at radius 1 is 1.16 bits per heavy atom. The summed E-state index contributed by atoms with van der Waals surface area (Å²) < 4.78 is 6.37. The first-order valence-electron chi connectivity index (χ1n) is 7.52. The van der Waals surface area contributed by atoms with Crippen molar-refractivity contribution in [1.82, 2.24) is 4.90 Å². The molecule has 1 fully saturated rings. The first kappa shape index (κ1) is 14.5. The van der Waals surface area contributed by atoms with Crippen LogP contribution in [0.1, 0.15) is 45.8 Å². The van der Waals surface area contributed by atoms with Crippen molar-refractivity contribution in [3.05, 3.63) is 35.9 Å². The predicted octanol–water partition coefficient (Wildman–Crippen LogP) is 4.09. The van der Waals surface area contributed by atoms with Crippen molar-refractivity contribution in [2.75, 3.05) is 13.1 Å². The third kappa shape index (κ3) is 3.80. The highest BCUT2D eigenvalue weighted by atomic mass is 16.5. The molecule has 106 valence electrons. The maximum Gasteiger partial charge on any atom is 0.113 e. The molecule has 1 heterocycles. The Hall–Kier alpha value is -0.860. The first-order valence-corrected chi connectivity index (χ1v) is 7.52. The van der Waals surface area contributed by atoms with Gasteiger partial charge in [-0.2, -0.15) is 0 Å². The third-order valence-corrected chi connectivity index (χ3v) is 3.68. The van der Waals surface area contributed by atoms with E-state index in [4.69, 9.17) is 4.74 Å². The van der Waals surface area contributed by atoms with Gasteiger partial charge in [-0.25, -0.2) is 0 Å². The number of hydrogen-bond acceptors (Lipinski definition) is 2. The van der Waals surface area contributed by atoms with E-state index in [0.29, 0.717) is 11.8 Å². The number of ether oxygens (including phenoxy) is 1. The monoisotopic (exact) mass is 261 g/mol. The maximum atomic E-state index is 6.37. The molecule has 1 saturated heterocycles. The van der Waals surface area contributed by atoms with E-state index in [1.54, 1.807) is 0 Å². The summed E-state index contributed by atoms with van der Waals surface area (Å²) in [7, 11) is 0. The third-order valence-electron chi connectivity index (χ3n) is 3.68. The van der Waals surface area contributed by atoms with Gasteiger partial charge in [0.1, 0.15) is 6.23 Å². The standard InChI is InChI=1S/C17H27NO/c1-13(2)12-18-11-10-16(19-17(18)14(3)4)15-8-6-5-7-9-15/h5-9,13-14,16-17H,10-12H2,1-4H3. The molecule has 0 N–H and O–H groups in total. The Balaban J connectivity index is 2.06. The lowest BCUT2D eigenvalue weighted by atomic mass is 10.0. The van der Waals surface area contributed by atoms with Gasteiger partial charge in [-0.15, -0.1) is 0 Å².